The average Bonchev–Trinajstić information content (AvgIpc) is 3.19. The van der Waals surface area contributed by atoms with Crippen molar-refractivity contribution in [3.63, 3.8) is 0 Å². The van der Waals surface area contributed by atoms with Crippen LogP contribution in [0.25, 0.3) is 20.7 Å². The van der Waals surface area contributed by atoms with Crippen LogP contribution in [0.15, 0.2) is 58.1 Å². The zero-order valence-electron chi connectivity index (χ0n) is 17.1. The molecule has 2 heterocycles. The van der Waals surface area contributed by atoms with E-state index in [1.165, 1.54) is 15.9 Å². The Kier molecular flexibility index (Phi) is 6.55. The number of fused-ring (bicyclic) bond motifs is 1. The summed E-state index contributed by atoms with van der Waals surface area (Å²) < 4.78 is 2.51. The molecule has 1 unspecified atom stereocenters. The van der Waals surface area contributed by atoms with Gasteiger partial charge in [0.1, 0.15) is 10.9 Å². The van der Waals surface area contributed by atoms with Gasteiger partial charge in [0.05, 0.1) is 5.39 Å². The van der Waals surface area contributed by atoms with E-state index in [1.807, 2.05) is 6.07 Å². The number of nitrogens with zero attached hydrogens (tertiary/aromatic N) is 2. The fraction of sp³-hybridized carbons (Fsp3) is 0.217. The first-order valence-corrected chi connectivity index (χ1v) is 11.5. The second-order valence-corrected chi connectivity index (χ2v) is 9.24. The summed E-state index contributed by atoms with van der Waals surface area (Å²) in [6, 6.07) is 13.9. The van der Waals surface area contributed by atoms with Gasteiger partial charge < -0.3 is 10.2 Å². The van der Waals surface area contributed by atoms with Gasteiger partial charge in [0.15, 0.2) is 0 Å². The van der Waals surface area contributed by atoms with Gasteiger partial charge in [0.25, 0.3) is 5.56 Å². The van der Waals surface area contributed by atoms with Crippen LogP contribution in [0.4, 0.5) is 0 Å². The highest BCUT2D eigenvalue weighted by molar-refractivity contribution is 7.22. The summed E-state index contributed by atoms with van der Waals surface area (Å²) in [6.45, 7) is -0.0674. The van der Waals surface area contributed by atoms with Crippen molar-refractivity contribution >= 4 is 44.8 Å². The molecular weight excluding hydrogens is 471 g/mol. The number of aromatic nitrogens is 2. The van der Waals surface area contributed by atoms with Gasteiger partial charge in [0, 0.05) is 40.7 Å². The normalized spacial score (nSPS) is 12.4. The van der Waals surface area contributed by atoms with Crippen molar-refractivity contribution in [2.75, 3.05) is 6.61 Å². The van der Waals surface area contributed by atoms with E-state index in [4.69, 9.17) is 23.2 Å². The first-order valence-electron chi connectivity index (χ1n) is 9.90. The molecule has 2 aromatic heterocycles. The van der Waals surface area contributed by atoms with Crippen LogP contribution in [0.5, 0.6) is 0 Å². The van der Waals surface area contributed by atoms with Crippen LogP contribution in [0.1, 0.15) is 23.7 Å². The molecule has 0 fully saturated rings. The van der Waals surface area contributed by atoms with Gasteiger partial charge in [-0.15, -0.1) is 11.3 Å². The van der Waals surface area contributed by atoms with E-state index >= 15 is 0 Å². The molecule has 4 aromatic rings. The molecule has 1 atom stereocenters. The molecule has 0 aliphatic rings. The monoisotopic (exact) mass is 490 g/mol. The Bertz CT molecular complexity index is 1410. The topological polar surface area (TPSA) is 84.5 Å². The van der Waals surface area contributed by atoms with Crippen LogP contribution in [-0.2, 0) is 13.6 Å². The van der Waals surface area contributed by atoms with Gasteiger partial charge in [0.2, 0.25) is 0 Å². The smallest absolute Gasteiger partial charge is 0.331 e. The largest absolute Gasteiger partial charge is 0.396 e. The first-order chi connectivity index (χ1) is 15.3. The molecule has 9 heteroatoms. The maximum atomic E-state index is 13.4. The van der Waals surface area contributed by atoms with Gasteiger partial charge in [-0.05, 0) is 41.8 Å². The van der Waals surface area contributed by atoms with Gasteiger partial charge in [-0.3, -0.25) is 13.9 Å². The number of aryl methyl sites for hydroxylation is 1. The lowest BCUT2D eigenvalue weighted by Crippen LogP contribution is -2.39. The van der Waals surface area contributed by atoms with Crippen molar-refractivity contribution in [3.05, 3.63) is 90.5 Å². The fourth-order valence-electron chi connectivity index (χ4n) is 3.71. The number of thiophene rings is 1. The molecule has 2 N–H and O–H groups in total. The molecule has 0 aliphatic heterocycles. The standard InChI is InChI=1S/C23H20Cl2N2O4S/c1-26-22-18(21(30)27(23(26)31)10-3-11-28)17(19(29)13-6-8-15(24)9-7-13)20(32-22)14-4-2-5-16(25)12-14/h2,4-9,12,19,28-29H,3,10-11H2,1H3. The third-order valence-electron chi connectivity index (χ3n) is 5.29. The Balaban J connectivity index is 2.08. The molecule has 0 saturated heterocycles. The lowest BCUT2D eigenvalue weighted by molar-refractivity contribution is 0.222. The van der Waals surface area contributed by atoms with Crippen LogP contribution in [0.2, 0.25) is 10.0 Å². The molecule has 166 valence electrons. The Morgan fingerprint density at radius 3 is 2.44 bits per heavy atom. The fourth-order valence-corrected chi connectivity index (χ4v) is 5.30. The second-order valence-electron chi connectivity index (χ2n) is 7.36. The molecule has 0 saturated carbocycles. The average molecular weight is 491 g/mol. The minimum Gasteiger partial charge on any atom is -0.396 e. The molecule has 0 radical (unpaired) electrons. The van der Waals surface area contributed by atoms with E-state index in [0.717, 1.165) is 10.1 Å². The number of benzene rings is 2. The summed E-state index contributed by atoms with van der Waals surface area (Å²) in [4.78, 5) is 27.4. The SMILES string of the molecule is Cn1c(=O)n(CCCO)c(=O)c2c(C(O)c3ccc(Cl)cc3)c(-c3cccc(Cl)c3)sc21. The molecule has 0 spiro atoms. The number of hydrogen-bond acceptors (Lipinski definition) is 5. The predicted molar refractivity (Wildman–Crippen MR) is 129 cm³/mol. The van der Waals surface area contributed by atoms with Crippen LogP contribution in [0.3, 0.4) is 0 Å². The summed E-state index contributed by atoms with van der Waals surface area (Å²) in [5.74, 6) is 0. The van der Waals surface area contributed by atoms with Gasteiger partial charge in [-0.1, -0.05) is 47.5 Å². The molecule has 2 aromatic carbocycles. The van der Waals surface area contributed by atoms with Crippen LogP contribution >= 0.6 is 34.5 Å². The minimum absolute atomic E-state index is 0.0801. The lowest BCUT2D eigenvalue weighted by Gasteiger charge is -2.14. The maximum absolute atomic E-state index is 13.4. The summed E-state index contributed by atoms with van der Waals surface area (Å²) in [5.41, 5.74) is 0.738. The highest BCUT2D eigenvalue weighted by atomic mass is 35.5. The highest BCUT2D eigenvalue weighted by Crippen LogP contribution is 2.42. The maximum Gasteiger partial charge on any atom is 0.331 e. The minimum atomic E-state index is -1.13. The van der Waals surface area contributed by atoms with Crippen molar-refractivity contribution in [1.82, 2.24) is 9.13 Å². The number of hydrogen-bond donors (Lipinski definition) is 2. The Labute approximate surface area is 197 Å². The summed E-state index contributed by atoms with van der Waals surface area (Å²) in [6.07, 6.45) is -0.868. The third kappa shape index (κ3) is 4.02. The highest BCUT2D eigenvalue weighted by Gasteiger charge is 2.27. The van der Waals surface area contributed by atoms with E-state index in [2.05, 4.69) is 0 Å². The summed E-state index contributed by atoms with van der Waals surface area (Å²) in [7, 11) is 1.59. The quantitative estimate of drug-likeness (QED) is 0.424. The van der Waals surface area contributed by atoms with Gasteiger partial charge in [-0.25, -0.2) is 4.79 Å². The van der Waals surface area contributed by atoms with E-state index in [9.17, 15) is 19.8 Å². The number of rotatable bonds is 6. The van der Waals surface area contributed by atoms with Crippen molar-refractivity contribution in [2.45, 2.75) is 19.1 Å². The van der Waals surface area contributed by atoms with Crippen molar-refractivity contribution in [3.8, 4) is 10.4 Å². The molecule has 0 aliphatic carbocycles. The Morgan fingerprint density at radius 2 is 1.78 bits per heavy atom. The summed E-state index contributed by atoms with van der Waals surface area (Å²) in [5, 5.41) is 21.9. The van der Waals surface area contributed by atoms with E-state index in [1.54, 1.807) is 49.5 Å². The van der Waals surface area contributed by atoms with Crippen LogP contribution in [-0.4, -0.2) is 26.0 Å². The summed E-state index contributed by atoms with van der Waals surface area (Å²) >= 11 is 13.5. The van der Waals surface area contributed by atoms with Crippen LogP contribution < -0.4 is 11.2 Å². The van der Waals surface area contributed by atoms with E-state index in [-0.39, 0.29) is 25.0 Å². The van der Waals surface area contributed by atoms with Gasteiger partial charge >= 0.3 is 5.69 Å². The Morgan fingerprint density at radius 1 is 1.06 bits per heavy atom. The number of aliphatic hydroxyl groups excluding tert-OH is 2. The third-order valence-corrected chi connectivity index (χ3v) is 7.11. The number of halogens is 2. The predicted octanol–water partition coefficient (Wildman–Crippen LogP) is 4.20. The van der Waals surface area contributed by atoms with Gasteiger partial charge in [-0.2, -0.15) is 0 Å². The molecule has 0 bridgehead atoms. The van der Waals surface area contributed by atoms with Crippen LogP contribution in [0, 0.1) is 0 Å². The molecule has 4 rings (SSSR count). The second kappa shape index (κ2) is 9.21. The molecule has 32 heavy (non-hydrogen) atoms. The molecular formula is C23H20Cl2N2O4S. The zero-order valence-corrected chi connectivity index (χ0v) is 19.4. The molecule has 6 nitrogen and oxygen atoms in total. The lowest BCUT2D eigenvalue weighted by atomic mass is 9.97. The Hall–Kier alpha value is -2.42. The van der Waals surface area contributed by atoms with E-state index < -0.39 is 17.4 Å². The first kappa shape index (κ1) is 22.8. The van der Waals surface area contributed by atoms with Crippen molar-refractivity contribution in [1.29, 1.82) is 0 Å². The number of aliphatic hydroxyl groups is 2. The molecule has 0 amide bonds. The zero-order chi connectivity index (χ0) is 23.0. The van der Waals surface area contributed by atoms with E-state index in [0.29, 0.717) is 30.9 Å². The van der Waals surface area contributed by atoms with Crippen molar-refractivity contribution in [2.24, 2.45) is 7.05 Å². The van der Waals surface area contributed by atoms with Crippen molar-refractivity contribution < 1.29 is 10.2 Å².